The van der Waals surface area contributed by atoms with Crippen molar-refractivity contribution in [2.75, 3.05) is 19.7 Å². The van der Waals surface area contributed by atoms with Crippen molar-refractivity contribution in [1.82, 2.24) is 4.90 Å². The van der Waals surface area contributed by atoms with Crippen molar-refractivity contribution in [2.45, 2.75) is 51.6 Å². The molecule has 1 aliphatic rings. The van der Waals surface area contributed by atoms with E-state index in [1.54, 1.807) is 0 Å². The Hall–Kier alpha value is -1.10. The molecule has 1 rings (SSSR count). The summed E-state index contributed by atoms with van der Waals surface area (Å²) in [5.74, 6) is -0.665. The molecule has 104 valence electrons. The first-order valence-electron chi connectivity index (χ1n) is 6.74. The predicted octanol–water partition coefficient (Wildman–Crippen LogP) is 1.66. The number of ether oxygens (including phenoxy) is 1. The number of hydrogen-bond acceptors (Lipinski definition) is 3. The fourth-order valence-corrected chi connectivity index (χ4v) is 2.15. The molecule has 1 fully saturated rings. The summed E-state index contributed by atoms with van der Waals surface area (Å²) in [6, 6.07) is 0. The number of carboxylic acid groups (broad SMARTS) is 1. The molecule has 0 spiro atoms. The van der Waals surface area contributed by atoms with Crippen molar-refractivity contribution >= 4 is 11.9 Å². The van der Waals surface area contributed by atoms with Gasteiger partial charge < -0.3 is 14.7 Å². The van der Waals surface area contributed by atoms with Crippen LogP contribution in [0.15, 0.2) is 0 Å². The fourth-order valence-electron chi connectivity index (χ4n) is 2.15. The van der Waals surface area contributed by atoms with Gasteiger partial charge in [-0.05, 0) is 19.3 Å². The van der Waals surface area contributed by atoms with Crippen molar-refractivity contribution in [1.29, 1.82) is 0 Å². The monoisotopic (exact) mass is 257 g/mol. The van der Waals surface area contributed by atoms with Crippen molar-refractivity contribution in [3.8, 4) is 0 Å². The third kappa shape index (κ3) is 5.49. The molecule has 0 aromatic rings. The number of carbonyl (C=O) groups excluding carboxylic acids is 1. The third-order valence-corrected chi connectivity index (χ3v) is 3.13. The van der Waals surface area contributed by atoms with Gasteiger partial charge in [0.2, 0.25) is 5.91 Å². The van der Waals surface area contributed by atoms with Gasteiger partial charge in [0.05, 0.1) is 12.7 Å². The summed E-state index contributed by atoms with van der Waals surface area (Å²) < 4.78 is 5.58. The summed E-state index contributed by atoms with van der Waals surface area (Å²) in [7, 11) is 0. The Bertz CT molecular complexity index is 278. The molecule has 1 aliphatic heterocycles. The smallest absolute Gasteiger partial charge is 0.303 e. The Morgan fingerprint density at radius 2 is 2.06 bits per heavy atom. The van der Waals surface area contributed by atoms with Gasteiger partial charge in [-0.1, -0.05) is 13.3 Å². The maximum Gasteiger partial charge on any atom is 0.303 e. The van der Waals surface area contributed by atoms with E-state index in [2.05, 4.69) is 6.92 Å². The summed E-state index contributed by atoms with van der Waals surface area (Å²) in [6.07, 6.45) is 4.05. The van der Waals surface area contributed by atoms with Crippen LogP contribution in [0.1, 0.15) is 45.4 Å². The maximum absolute atomic E-state index is 11.9. The van der Waals surface area contributed by atoms with Crippen molar-refractivity contribution in [3.05, 3.63) is 0 Å². The van der Waals surface area contributed by atoms with Gasteiger partial charge in [-0.2, -0.15) is 0 Å². The minimum Gasteiger partial charge on any atom is -0.481 e. The Morgan fingerprint density at radius 1 is 1.33 bits per heavy atom. The summed E-state index contributed by atoms with van der Waals surface area (Å²) in [4.78, 5) is 24.1. The Kier molecular flexibility index (Phi) is 6.72. The standard InChI is InChI=1S/C13H23NO4/c1-2-5-11-10-14(8-9-18-11)12(15)6-3-4-7-13(16)17/h11H,2-10H2,1H3,(H,16,17). The molecular formula is C13H23NO4. The molecule has 0 radical (unpaired) electrons. The SMILES string of the molecule is CCCC1CN(C(=O)CCCCC(=O)O)CCO1. The molecule has 1 N–H and O–H groups in total. The van der Waals surface area contributed by atoms with Crippen LogP contribution in [0, 0.1) is 0 Å². The first-order valence-corrected chi connectivity index (χ1v) is 6.74. The van der Waals surface area contributed by atoms with Gasteiger partial charge in [0.1, 0.15) is 0 Å². The van der Waals surface area contributed by atoms with Gasteiger partial charge >= 0.3 is 5.97 Å². The first kappa shape index (κ1) is 15.0. The molecule has 1 heterocycles. The second kappa shape index (κ2) is 8.08. The number of aliphatic carboxylic acids is 1. The molecule has 0 saturated carbocycles. The summed E-state index contributed by atoms with van der Waals surface area (Å²) >= 11 is 0. The molecule has 1 unspecified atom stereocenters. The van der Waals surface area contributed by atoms with E-state index in [1.807, 2.05) is 4.90 Å². The highest BCUT2D eigenvalue weighted by Gasteiger charge is 2.23. The lowest BCUT2D eigenvalue weighted by atomic mass is 10.1. The van der Waals surface area contributed by atoms with E-state index in [0.717, 1.165) is 12.8 Å². The summed E-state index contributed by atoms with van der Waals surface area (Å²) in [5.41, 5.74) is 0. The molecule has 0 bridgehead atoms. The van der Waals surface area contributed by atoms with Gasteiger partial charge in [0.15, 0.2) is 0 Å². The average molecular weight is 257 g/mol. The molecule has 0 aliphatic carbocycles. The van der Waals surface area contributed by atoms with Crippen LogP contribution in [0.3, 0.4) is 0 Å². The molecule has 0 aromatic carbocycles. The van der Waals surface area contributed by atoms with Gasteiger partial charge in [0.25, 0.3) is 0 Å². The zero-order chi connectivity index (χ0) is 13.4. The Morgan fingerprint density at radius 3 is 2.72 bits per heavy atom. The van der Waals surface area contributed by atoms with Crippen LogP contribution < -0.4 is 0 Å². The quantitative estimate of drug-likeness (QED) is 0.704. The van der Waals surface area contributed by atoms with Crippen molar-refractivity contribution in [2.24, 2.45) is 0 Å². The van der Waals surface area contributed by atoms with Crippen LogP contribution in [-0.4, -0.2) is 47.7 Å². The van der Waals surface area contributed by atoms with Gasteiger partial charge in [0, 0.05) is 25.9 Å². The van der Waals surface area contributed by atoms with E-state index in [-0.39, 0.29) is 18.4 Å². The lowest BCUT2D eigenvalue weighted by Crippen LogP contribution is -2.45. The fraction of sp³-hybridized carbons (Fsp3) is 0.846. The number of carboxylic acids is 1. The third-order valence-electron chi connectivity index (χ3n) is 3.13. The highest BCUT2D eigenvalue weighted by atomic mass is 16.5. The molecular weight excluding hydrogens is 234 g/mol. The molecule has 18 heavy (non-hydrogen) atoms. The van der Waals surface area contributed by atoms with E-state index >= 15 is 0 Å². The summed E-state index contributed by atoms with van der Waals surface area (Å²) in [5, 5.41) is 8.51. The number of rotatable bonds is 7. The first-order chi connectivity index (χ1) is 8.63. The largest absolute Gasteiger partial charge is 0.481 e. The van der Waals surface area contributed by atoms with Crippen LogP contribution in [0.2, 0.25) is 0 Å². The molecule has 1 saturated heterocycles. The van der Waals surface area contributed by atoms with Crippen LogP contribution in [0.5, 0.6) is 0 Å². The van der Waals surface area contributed by atoms with Crippen LogP contribution in [-0.2, 0) is 14.3 Å². The van der Waals surface area contributed by atoms with Crippen molar-refractivity contribution < 1.29 is 19.4 Å². The number of amides is 1. The van der Waals surface area contributed by atoms with E-state index in [0.29, 0.717) is 39.0 Å². The highest BCUT2D eigenvalue weighted by Crippen LogP contribution is 2.12. The van der Waals surface area contributed by atoms with Crippen LogP contribution in [0.25, 0.3) is 0 Å². The minimum atomic E-state index is -0.795. The van der Waals surface area contributed by atoms with E-state index in [4.69, 9.17) is 9.84 Å². The van der Waals surface area contributed by atoms with Crippen molar-refractivity contribution in [3.63, 3.8) is 0 Å². The molecule has 5 nitrogen and oxygen atoms in total. The van der Waals surface area contributed by atoms with E-state index in [1.165, 1.54) is 0 Å². The number of morpholine rings is 1. The normalized spacial score (nSPS) is 19.8. The highest BCUT2D eigenvalue weighted by molar-refractivity contribution is 5.76. The van der Waals surface area contributed by atoms with Gasteiger partial charge in [-0.25, -0.2) is 0 Å². The number of hydrogen-bond donors (Lipinski definition) is 1. The predicted molar refractivity (Wildman–Crippen MR) is 67.3 cm³/mol. The molecule has 1 amide bonds. The number of nitrogens with zero attached hydrogens (tertiary/aromatic N) is 1. The topological polar surface area (TPSA) is 66.8 Å². The van der Waals surface area contributed by atoms with Gasteiger partial charge in [-0.15, -0.1) is 0 Å². The molecule has 0 aromatic heterocycles. The molecule has 1 atom stereocenters. The average Bonchev–Trinajstić information content (AvgIpc) is 2.35. The number of carbonyl (C=O) groups is 2. The number of unbranched alkanes of at least 4 members (excludes halogenated alkanes) is 1. The van der Waals surface area contributed by atoms with Crippen LogP contribution >= 0.6 is 0 Å². The lowest BCUT2D eigenvalue weighted by molar-refractivity contribution is -0.140. The zero-order valence-corrected chi connectivity index (χ0v) is 11.1. The second-order valence-electron chi connectivity index (χ2n) is 4.72. The lowest BCUT2D eigenvalue weighted by Gasteiger charge is -2.33. The van der Waals surface area contributed by atoms with Crippen LogP contribution in [0.4, 0.5) is 0 Å². The van der Waals surface area contributed by atoms with E-state index in [9.17, 15) is 9.59 Å². The minimum absolute atomic E-state index is 0.129. The zero-order valence-electron chi connectivity index (χ0n) is 11.1. The van der Waals surface area contributed by atoms with E-state index < -0.39 is 5.97 Å². The summed E-state index contributed by atoms with van der Waals surface area (Å²) in [6.45, 7) is 4.07. The Balaban J connectivity index is 2.21. The second-order valence-corrected chi connectivity index (χ2v) is 4.72. The maximum atomic E-state index is 11.9. The van der Waals surface area contributed by atoms with Gasteiger partial charge in [-0.3, -0.25) is 9.59 Å². The Labute approximate surface area is 108 Å². The molecule has 5 heteroatoms.